The fourth-order valence-corrected chi connectivity index (χ4v) is 4.29. The van der Waals surface area contributed by atoms with Crippen LogP contribution in [-0.2, 0) is 0 Å². The number of anilines is 2. The van der Waals surface area contributed by atoms with Crippen molar-refractivity contribution in [3.05, 3.63) is 6.07 Å². The number of hydrazine groups is 1. The van der Waals surface area contributed by atoms with E-state index in [9.17, 15) is 0 Å². The molecule has 0 aliphatic heterocycles. The van der Waals surface area contributed by atoms with Gasteiger partial charge in [0.15, 0.2) is 5.16 Å². The molecule has 0 aromatic carbocycles. The second-order valence-electron chi connectivity index (χ2n) is 6.04. The molecule has 4 N–H and O–H groups in total. The van der Waals surface area contributed by atoms with Crippen molar-refractivity contribution in [3.63, 3.8) is 0 Å². The topological polar surface area (TPSA) is 75.9 Å². The molecule has 6 heteroatoms. The highest BCUT2D eigenvalue weighted by molar-refractivity contribution is 7.98. The van der Waals surface area contributed by atoms with Crippen molar-refractivity contribution < 1.29 is 0 Å². The maximum Gasteiger partial charge on any atom is 0.191 e. The van der Waals surface area contributed by atoms with Crippen molar-refractivity contribution in [3.8, 4) is 0 Å². The molecule has 2 bridgehead atoms. The Morgan fingerprint density at radius 3 is 2.70 bits per heavy atom. The van der Waals surface area contributed by atoms with E-state index in [0.29, 0.717) is 11.9 Å². The van der Waals surface area contributed by atoms with E-state index in [2.05, 4.69) is 27.6 Å². The summed E-state index contributed by atoms with van der Waals surface area (Å²) in [6.45, 7) is 2.28. The highest BCUT2D eigenvalue weighted by Gasteiger charge is 2.41. The standard InChI is InChI=1S/C14H23N5S/c1-8(11-6-9-3-4-10(11)5-9)16-12-7-13(19-15)18-14(17-12)20-2/h7-11H,3-6,15H2,1-2H3,(H2,16,17,18,19). The molecule has 2 aliphatic rings. The van der Waals surface area contributed by atoms with Crippen LogP contribution in [-0.4, -0.2) is 22.3 Å². The number of hydrogen-bond donors (Lipinski definition) is 3. The quantitative estimate of drug-likeness (QED) is 0.335. The van der Waals surface area contributed by atoms with Crippen LogP contribution in [0.2, 0.25) is 0 Å². The summed E-state index contributed by atoms with van der Waals surface area (Å²) in [6.07, 6.45) is 7.64. The van der Waals surface area contributed by atoms with E-state index in [-0.39, 0.29) is 0 Å². The van der Waals surface area contributed by atoms with Gasteiger partial charge in [-0.1, -0.05) is 18.2 Å². The van der Waals surface area contributed by atoms with E-state index in [1.54, 1.807) is 0 Å². The first-order valence-electron chi connectivity index (χ1n) is 7.36. The summed E-state index contributed by atoms with van der Waals surface area (Å²) in [7, 11) is 0. The average Bonchev–Trinajstić information content (AvgIpc) is 3.09. The predicted octanol–water partition coefficient (Wildman–Crippen LogP) is 2.72. The third-order valence-corrected chi connectivity index (χ3v) is 5.39. The van der Waals surface area contributed by atoms with E-state index in [1.165, 1.54) is 37.4 Å². The molecule has 0 spiro atoms. The summed E-state index contributed by atoms with van der Waals surface area (Å²) in [6, 6.07) is 2.34. The molecule has 2 fully saturated rings. The van der Waals surface area contributed by atoms with Crippen LogP contribution in [0.4, 0.5) is 11.6 Å². The Balaban J connectivity index is 1.70. The smallest absolute Gasteiger partial charge is 0.191 e. The molecule has 0 saturated heterocycles. The molecule has 0 amide bonds. The van der Waals surface area contributed by atoms with Crippen molar-refractivity contribution in [2.45, 2.75) is 43.8 Å². The number of nitrogens with zero attached hydrogens (tertiary/aromatic N) is 2. The zero-order valence-electron chi connectivity index (χ0n) is 12.1. The highest BCUT2D eigenvalue weighted by atomic mass is 32.2. The minimum absolute atomic E-state index is 0.459. The average molecular weight is 293 g/mol. The first kappa shape index (κ1) is 13.9. The van der Waals surface area contributed by atoms with Gasteiger partial charge in [0.25, 0.3) is 0 Å². The lowest BCUT2D eigenvalue weighted by molar-refractivity contribution is 0.304. The normalized spacial score (nSPS) is 29.4. The third kappa shape index (κ3) is 2.72. The monoisotopic (exact) mass is 293 g/mol. The number of thioether (sulfide) groups is 1. The first-order chi connectivity index (χ1) is 9.69. The van der Waals surface area contributed by atoms with Crippen molar-refractivity contribution in [2.75, 3.05) is 17.0 Å². The Bertz CT molecular complexity index is 458. The van der Waals surface area contributed by atoms with E-state index < -0.39 is 0 Å². The second kappa shape index (κ2) is 5.77. The fraction of sp³-hybridized carbons (Fsp3) is 0.714. The van der Waals surface area contributed by atoms with Gasteiger partial charge in [-0.15, -0.1) is 0 Å². The number of hydrogen-bond acceptors (Lipinski definition) is 6. The first-order valence-corrected chi connectivity index (χ1v) is 8.58. The van der Waals surface area contributed by atoms with Crippen LogP contribution in [0.25, 0.3) is 0 Å². The number of nitrogens with one attached hydrogen (secondary N) is 2. The van der Waals surface area contributed by atoms with E-state index in [0.717, 1.165) is 28.7 Å². The van der Waals surface area contributed by atoms with Crippen LogP contribution >= 0.6 is 11.8 Å². The molecule has 110 valence electrons. The largest absolute Gasteiger partial charge is 0.367 e. The van der Waals surface area contributed by atoms with Gasteiger partial charge in [0, 0.05) is 12.1 Å². The van der Waals surface area contributed by atoms with Crippen LogP contribution in [0.15, 0.2) is 11.2 Å². The molecular weight excluding hydrogens is 270 g/mol. The molecule has 20 heavy (non-hydrogen) atoms. The van der Waals surface area contributed by atoms with Gasteiger partial charge >= 0.3 is 0 Å². The third-order valence-electron chi connectivity index (χ3n) is 4.85. The number of nitrogen functional groups attached to an aromatic ring is 1. The maximum atomic E-state index is 5.47. The minimum Gasteiger partial charge on any atom is -0.367 e. The lowest BCUT2D eigenvalue weighted by atomic mass is 9.84. The molecule has 2 aliphatic carbocycles. The van der Waals surface area contributed by atoms with E-state index in [4.69, 9.17) is 5.84 Å². The SMILES string of the molecule is CSc1nc(NN)cc(NC(C)C2CC3CCC2C3)n1. The molecule has 0 radical (unpaired) electrons. The van der Waals surface area contributed by atoms with Crippen LogP contribution in [0, 0.1) is 17.8 Å². The summed E-state index contributed by atoms with van der Waals surface area (Å²) in [5, 5.41) is 4.30. The zero-order valence-corrected chi connectivity index (χ0v) is 12.9. The molecule has 1 aromatic heterocycles. The number of nitrogens with two attached hydrogens (primary N) is 1. The van der Waals surface area contributed by atoms with Gasteiger partial charge in [0.1, 0.15) is 11.6 Å². The second-order valence-corrected chi connectivity index (χ2v) is 6.81. The van der Waals surface area contributed by atoms with Crippen molar-refractivity contribution in [2.24, 2.45) is 23.6 Å². The zero-order chi connectivity index (χ0) is 14.1. The lowest BCUT2D eigenvalue weighted by Crippen LogP contribution is -2.30. The molecule has 3 rings (SSSR count). The Kier molecular flexibility index (Phi) is 4.03. The number of fused-ring (bicyclic) bond motifs is 2. The molecule has 5 nitrogen and oxygen atoms in total. The predicted molar refractivity (Wildman–Crippen MR) is 83.6 cm³/mol. The van der Waals surface area contributed by atoms with Crippen LogP contribution in [0.1, 0.15) is 32.6 Å². The Hall–Kier alpha value is -1.01. The van der Waals surface area contributed by atoms with Gasteiger partial charge < -0.3 is 10.7 Å². The molecule has 2 saturated carbocycles. The van der Waals surface area contributed by atoms with Crippen LogP contribution < -0.4 is 16.6 Å². The Morgan fingerprint density at radius 1 is 1.30 bits per heavy atom. The van der Waals surface area contributed by atoms with Crippen LogP contribution in [0.5, 0.6) is 0 Å². The molecular formula is C14H23N5S. The van der Waals surface area contributed by atoms with Crippen molar-refractivity contribution in [1.29, 1.82) is 0 Å². The summed E-state index contributed by atoms with van der Waals surface area (Å²) in [5.74, 6) is 9.67. The van der Waals surface area contributed by atoms with Crippen molar-refractivity contribution in [1.82, 2.24) is 9.97 Å². The van der Waals surface area contributed by atoms with Crippen molar-refractivity contribution >= 4 is 23.4 Å². The summed E-state index contributed by atoms with van der Waals surface area (Å²) < 4.78 is 0. The molecule has 1 heterocycles. The fourth-order valence-electron chi connectivity index (χ4n) is 3.91. The summed E-state index contributed by atoms with van der Waals surface area (Å²) in [5.41, 5.74) is 2.61. The lowest BCUT2D eigenvalue weighted by Gasteiger charge is -2.29. The van der Waals surface area contributed by atoms with Gasteiger partial charge in [0.2, 0.25) is 0 Å². The Morgan fingerprint density at radius 2 is 2.10 bits per heavy atom. The number of rotatable bonds is 5. The van der Waals surface area contributed by atoms with Gasteiger partial charge in [0.05, 0.1) is 0 Å². The van der Waals surface area contributed by atoms with Gasteiger partial charge in [-0.25, -0.2) is 15.8 Å². The number of aromatic nitrogens is 2. The highest BCUT2D eigenvalue weighted by Crippen LogP contribution is 2.49. The van der Waals surface area contributed by atoms with Gasteiger partial charge in [-0.3, -0.25) is 0 Å². The molecule has 4 unspecified atom stereocenters. The van der Waals surface area contributed by atoms with Gasteiger partial charge in [-0.2, -0.15) is 0 Å². The van der Waals surface area contributed by atoms with Gasteiger partial charge in [-0.05, 0) is 50.2 Å². The summed E-state index contributed by atoms with van der Waals surface area (Å²) in [4.78, 5) is 8.81. The maximum absolute atomic E-state index is 5.47. The van der Waals surface area contributed by atoms with Crippen LogP contribution in [0.3, 0.4) is 0 Å². The van der Waals surface area contributed by atoms with E-state index in [1.807, 2.05) is 12.3 Å². The Labute approximate surface area is 124 Å². The summed E-state index contributed by atoms with van der Waals surface area (Å²) >= 11 is 1.53. The molecule has 1 aromatic rings. The minimum atomic E-state index is 0.459. The molecule has 4 atom stereocenters. The van der Waals surface area contributed by atoms with E-state index >= 15 is 0 Å².